The van der Waals surface area contributed by atoms with Crippen LogP contribution < -0.4 is 4.74 Å². The molecular formula is C27H28N2O2. The number of hydrogen-bond acceptors (Lipinski definition) is 3. The van der Waals surface area contributed by atoms with Crippen molar-refractivity contribution in [3.05, 3.63) is 96.1 Å². The van der Waals surface area contributed by atoms with Gasteiger partial charge in [-0.15, -0.1) is 0 Å². The first-order valence-electron chi connectivity index (χ1n) is 11.1. The molecular weight excluding hydrogens is 384 g/mol. The Morgan fingerprint density at radius 3 is 2.16 bits per heavy atom. The van der Waals surface area contributed by atoms with Crippen molar-refractivity contribution in [3.8, 4) is 11.5 Å². The van der Waals surface area contributed by atoms with Crippen LogP contribution >= 0.6 is 0 Å². The Bertz CT molecular complexity index is 1020. The highest BCUT2D eigenvalue weighted by Gasteiger charge is 2.44. The van der Waals surface area contributed by atoms with Crippen LogP contribution in [0.2, 0.25) is 0 Å². The van der Waals surface area contributed by atoms with Crippen molar-refractivity contribution < 1.29 is 9.53 Å². The van der Waals surface area contributed by atoms with E-state index in [0.717, 1.165) is 56.2 Å². The maximum absolute atomic E-state index is 13.1. The molecule has 0 aromatic heterocycles. The van der Waals surface area contributed by atoms with Gasteiger partial charge in [-0.25, -0.2) is 0 Å². The molecule has 2 saturated heterocycles. The van der Waals surface area contributed by atoms with Crippen molar-refractivity contribution in [3.63, 3.8) is 0 Å². The van der Waals surface area contributed by atoms with Gasteiger partial charge in [-0.05, 0) is 61.3 Å². The van der Waals surface area contributed by atoms with E-state index in [4.69, 9.17) is 4.74 Å². The fraction of sp³-hybridized carbons (Fsp3) is 0.296. The van der Waals surface area contributed by atoms with Gasteiger partial charge in [-0.3, -0.25) is 9.69 Å². The number of carbonyl (C=O) groups excluding carboxylic acids is 1. The lowest BCUT2D eigenvalue weighted by atomic mass is 9.86. The van der Waals surface area contributed by atoms with Gasteiger partial charge in [0.15, 0.2) is 0 Å². The third-order valence-electron chi connectivity index (χ3n) is 6.57. The number of carbonyl (C=O) groups is 1. The molecule has 0 radical (unpaired) electrons. The van der Waals surface area contributed by atoms with Gasteiger partial charge in [0.2, 0.25) is 0 Å². The van der Waals surface area contributed by atoms with Crippen LogP contribution in [0.4, 0.5) is 0 Å². The summed E-state index contributed by atoms with van der Waals surface area (Å²) in [6.45, 7) is 4.90. The minimum atomic E-state index is 0.129. The van der Waals surface area contributed by atoms with E-state index >= 15 is 0 Å². The van der Waals surface area contributed by atoms with Crippen molar-refractivity contribution in [1.82, 2.24) is 9.80 Å². The number of rotatable bonds is 5. The van der Waals surface area contributed by atoms with Crippen molar-refractivity contribution >= 4 is 5.91 Å². The summed E-state index contributed by atoms with van der Waals surface area (Å²) >= 11 is 0. The molecule has 0 bridgehead atoms. The number of benzene rings is 3. The molecule has 2 heterocycles. The predicted molar refractivity (Wildman–Crippen MR) is 122 cm³/mol. The van der Waals surface area contributed by atoms with Crippen LogP contribution in [0.5, 0.6) is 11.5 Å². The van der Waals surface area contributed by atoms with Crippen molar-refractivity contribution in [1.29, 1.82) is 0 Å². The summed E-state index contributed by atoms with van der Waals surface area (Å²) in [4.78, 5) is 17.7. The van der Waals surface area contributed by atoms with E-state index in [1.54, 1.807) is 0 Å². The van der Waals surface area contributed by atoms with E-state index in [0.29, 0.717) is 0 Å². The van der Waals surface area contributed by atoms with E-state index in [9.17, 15) is 4.79 Å². The molecule has 0 saturated carbocycles. The van der Waals surface area contributed by atoms with E-state index in [1.807, 2.05) is 59.5 Å². The molecule has 2 fully saturated rings. The zero-order valence-electron chi connectivity index (χ0n) is 17.7. The average Bonchev–Trinajstić information content (AvgIpc) is 3.41. The molecule has 1 amide bonds. The highest BCUT2D eigenvalue weighted by Crippen LogP contribution is 2.40. The van der Waals surface area contributed by atoms with Crippen LogP contribution in [0, 0.1) is 5.41 Å². The normalized spacial score (nSPS) is 21.0. The molecule has 0 aliphatic carbocycles. The van der Waals surface area contributed by atoms with Crippen LogP contribution in [-0.2, 0) is 6.54 Å². The van der Waals surface area contributed by atoms with Gasteiger partial charge >= 0.3 is 0 Å². The molecule has 3 aromatic carbocycles. The molecule has 4 nitrogen and oxygen atoms in total. The highest BCUT2D eigenvalue weighted by molar-refractivity contribution is 5.94. The van der Waals surface area contributed by atoms with Gasteiger partial charge in [-0.1, -0.05) is 48.5 Å². The third-order valence-corrected chi connectivity index (χ3v) is 6.57. The second kappa shape index (κ2) is 8.56. The molecule has 1 spiro atoms. The van der Waals surface area contributed by atoms with E-state index in [2.05, 4.69) is 35.2 Å². The Labute approximate surface area is 184 Å². The molecule has 1 atom stereocenters. The fourth-order valence-electron chi connectivity index (χ4n) is 4.92. The summed E-state index contributed by atoms with van der Waals surface area (Å²) in [5.41, 5.74) is 2.35. The highest BCUT2D eigenvalue weighted by atomic mass is 16.5. The van der Waals surface area contributed by atoms with E-state index in [-0.39, 0.29) is 11.3 Å². The summed E-state index contributed by atoms with van der Waals surface area (Å²) in [6, 6.07) is 27.9. The quantitative estimate of drug-likeness (QED) is 0.576. The van der Waals surface area contributed by atoms with Crippen LogP contribution in [0.1, 0.15) is 28.8 Å². The summed E-state index contributed by atoms with van der Waals surface area (Å²) < 4.78 is 5.84. The third kappa shape index (κ3) is 4.49. The van der Waals surface area contributed by atoms with Crippen molar-refractivity contribution in [2.45, 2.75) is 19.4 Å². The topological polar surface area (TPSA) is 32.8 Å². The summed E-state index contributed by atoms with van der Waals surface area (Å²) in [5, 5.41) is 0. The van der Waals surface area contributed by atoms with Crippen molar-refractivity contribution in [2.24, 2.45) is 5.41 Å². The molecule has 158 valence electrons. The minimum Gasteiger partial charge on any atom is -0.457 e. The molecule has 0 N–H and O–H groups in total. The molecule has 2 aliphatic rings. The smallest absolute Gasteiger partial charge is 0.253 e. The zero-order chi connectivity index (χ0) is 21.1. The predicted octanol–water partition coefficient (Wildman–Crippen LogP) is 5.22. The Balaban J connectivity index is 1.19. The number of likely N-dealkylation sites (tertiary alicyclic amines) is 2. The van der Waals surface area contributed by atoms with E-state index in [1.165, 1.54) is 12.0 Å². The summed E-state index contributed by atoms with van der Waals surface area (Å²) in [5.74, 6) is 1.67. The van der Waals surface area contributed by atoms with Gasteiger partial charge in [0.25, 0.3) is 5.91 Å². The summed E-state index contributed by atoms with van der Waals surface area (Å²) in [6.07, 6.45) is 2.27. The van der Waals surface area contributed by atoms with Gasteiger partial charge < -0.3 is 9.64 Å². The average molecular weight is 413 g/mol. The molecule has 4 heteroatoms. The van der Waals surface area contributed by atoms with Crippen molar-refractivity contribution in [2.75, 3.05) is 26.2 Å². The molecule has 5 rings (SSSR count). The minimum absolute atomic E-state index is 0.129. The van der Waals surface area contributed by atoms with Gasteiger partial charge in [0, 0.05) is 37.2 Å². The van der Waals surface area contributed by atoms with Gasteiger partial charge in [0.05, 0.1) is 0 Å². The lowest BCUT2D eigenvalue weighted by molar-refractivity contribution is 0.0773. The number of hydrogen-bond donors (Lipinski definition) is 0. The first-order valence-corrected chi connectivity index (χ1v) is 11.1. The maximum Gasteiger partial charge on any atom is 0.253 e. The first kappa shape index (κ1) is 19.8. The second-order valence-electron chi connectivity index (χ2n) is 8.86. The lowest BCUT2D eigenvalue weighted by Crippen LogP contribution is -2.34. The monoisotopic (exact) mass is 412 g/mol. The van der Waals surface area contributed by atoms with Gasteiger partial charge in [-0.2, -0.15) is 0 Å². The second-order valence-corrected chi connectivity index (χ2v) is 8.86. The maximum atomic E-state index is 13.1. The Kier molecular flexibility index (Phi) is 5.47. The molecule has 2 aliphatic heterocycles. The molecule has 1 unspecified atom stereocenters. The SMILES string of the molecule is O=C(c1ccc(Oc2ccccc2)cc1)N1CCC2(CCN(Cc3ccccc3)C2)C1. The Morgan fingerprint density at radius 2 is 1.42 bits per heavy atom. The van der Waals surface area contributed by atoms with Crippen LogP contribution in [0.25, 0.3) is 0 Å². The van der Waals surface area contributed by atoms with Gasteiger partial charge in [0.1, 0.15) is 11.5 Å². The first-order chi connectivity index (χ1) is 15.2. The number of ether oxygens (including phenoxy) is 1. The number of nitrogens with zero attached hydrogens (tertiary/aromatic N) is 2. The Morgan fingerprint density at radius 1 is 0.774 bits per heavy atom. The fourth-order valence-corrected chi connectivity index (χ4v) is 4.92. The van der Waals surface area contributed by atoms with Crippen LogP contribution in [0.15, 0.2) is 84.9 Å². The van der Waals surface area contributed by atoms with Crippen LogP contribution in [0.3, 0.4) is 0 Å². The molecule has 3 aromatic rings. The van der Waals surface area contributed by atoms with Crippen LogP contribution in [-0.4, -0.2) is 41.9 Å². The molecule has 31 heavy (non-hydrogen) atoms. The lowest BCUT2D eigenvalue weighted by Gasteiger charge is -2.25. The largest absolute Gasteiger partial charge is 0.457 e. The number of amides is 1. The van der Waals surface area contributed by atoms with E-state index < -0.39 is 0 Å². The summed E-state index contributed by atoms with van der Waals surface area (Å²) in [7, 11) is 0. The Hall–Kier alpha value is -3.11. The number of para-hydroxylation sites is 1. The zero-order valence-corrected chi connectivity index (χ0v) is 17.7. The standard InChI is InChI=1S/C27H28N2O2/c30-26(23-11-13-25(14-12-23)31-24-9-5-2-6-10-24)29-18-16-27(21-29)15-17-28(20-27)19-22-7-3-1-4-8-22/h1-14H,15-21H2.